The zero-order chi connectivity index (χ0) is 14.5. The highest BCUT2D eigenvalue weighted by Gasteiger charge is 2.11. The van der Waals surface area contributed by atoms with Crippen LogP contribution in [0.25, 0.3) is 0 Å². The van der Waals surface area contributed by atoms with E-state index in [1.54, 1.807) is 6.07 Å². The SMILES string of the molecule is CCc1ccc(C(C)NC(C)c2cccc(O)c2)cc1. The molecule has 2 atom stereocenters. The number of phenolic OH excluding ortho intramolecular Hbond substituents is 1. The van der Waals surface area contributed by atoms with Gasteiger partial charge in [0.1, 0.15) is 5.75 Å². The number of hydrogen-bond acceptors (Lipinski definition) is 2. The van der Waals surface area contributed by atoms with E-state index in [0.29, 0.717) is 5.75 Å². The van der Waals surface area contributed by atoms with Gasteiger partial charge < -0.3 is 10.4 Å². The summed E-state index contributed by atoms with van der Waals surface area (Å²) >= 11 is 0. The Morgan fingerprint density at radius 3 is 2.20 bits per heavy atom. The Morgan fingerprint density at radius 2 is 1.60 bits per heavy atom. The first-order chi connectivity index (χ1) is 9.60. The average Bonchev–Trinajstić information content (AvgIpc) is 2.47. The summed E-state index contributed by atoms with van der Waals surface area (Å²) in [4.78, 5) is 0. The average molecular weight is 269 g/mol. The van der Waals surface area contributed by atoms with Gasteiger partial charge in [0.2, 0.25) is 0 Å². The molecular weight excluding hydrogens is 246 g/mol. The monoisotopic (exact) mass is 269 g/mol. The molecule has 0 saturated carbocycles. The van der Waals surface area contributed by atoms with Crippen molar-refractivity contribution >= 4 is 0 Å². The van der Waals surface area contributed by atoms with Gasteiger partial charge in [0.15, 0.2) is 0 Å². The number of phenols is 1. The van der Waals surface area contributed by atoms with E-state index < -0.39 is 0 Å². The van der Waals surface area contributed by atoms with Crippen molar-refractivity contribution in [2.24, 2.45) is 0 Å². The summed E-state index contributed by atoms with van der Waals surface area (Å²) in [5.74, 6) is 0.316. The van der Waals surface area contributed by atoms with E-state index in [4.69, 9.17) is 0 Å². The molecule has 2 nitrogen and oxygen atoms in total. The van der Waals surface area contributed by atoms with Crippen LogP contribution in [0.4, 0.5) is 0 Å². The second-order valence-corrected chi connectivity index (χ2v) is 5.30. The quantitative estimate of drug-likeness (QED) is 0.845. The predicted molar refractivity (Wildman–Crippen MR) is 83.9 cm³/mol. The highest BCUT2D eigenvalue weighted by molar-refractivity contribution is 5.30. The molecule has 0 aliphatic carbocycles. The molecule has 0 spiro atoms. The Hall–Kier alpha value is -1.80. The standard InChI is InChI=1S/C18H23NO/c1-4-15-8-10-16(11-9-15)13(2)19-14(3)17-6-5-7-18(20)12-17/h5-14,19-20H,4H2,1-3H3. The summed E-state index contributed by atoms with van der Waals surface area (Å²) < 4.78 is 0. The van der Waals surface area contributed by atoms with E-state index in [2.05, 4.69) is 50.4 Å². The van der Waals surface area contributed by atoms with Gasteiger partial charge in [-0.2, -0.15) is 0 Å². The summed E-state index contributed by atoms with van der Waals surface area (Å²) in [5, 5.41) is 13.1. The van der Waals surface area contributed by atoms with Crippen molar-refractivity contribution in [2.75, 3.05) is 0 Å². The summed E-state index contributed by atoms with van der Waals surface area (Å²) in [5.41, 5.74) is 3.75. The lowest BCUT2D eigenvalue weighted by molar-refractivity contribution is 0.466. The van der Waals surface area contributed by atoms with Crippen molar-refractivity contribution in [3.8, 4) is 5.75 Å². The highest BCUT2D eigenvalue weighted by atomic mass is 16.3. The van der Waals surface area contributed by atoms with E-state index in [0.717, 1.165) is 12.0 Å². The van der Waals surface area contributed by atoms with Crippen molar-refractivity contribution in [2.45, 2.75) is 39.3 Å². The van der Waals surface area contributed by atoms with E-state index in [1.807, 2.05) is 18.2 Å². The molecule has 2 N–H and O–H groups in total. The number of benzene rings is 2. The van der Waals surface area contributed by atoms with Crippen LogP contribution >= 0.6 is 0 Å². The van der Waals surface area contributed by atoms with Crippen LogP contribution in [0.5, 0.6) is 5.75 Å². The second kappa shape index (κ2) is 6.58. The molecule has 0 heterocycles. The number of aryl methyl sites for hydroxylation is 1. The van der Waals surface area contributed by atoms with Crippen LogP contribution in [-0.4, -0.2) is 5.11 Å². The third-order valence-corrected chi connectivity index (χ3v) is 3.76. The first-order valence-electron chi connectivity index (χ1n) is 7.24. The van der Waals surface area contributed by atoms with Crippen molar-refractivity contribution < 1.29 is 5.11 Å². The van der Waals surface area contributed by atoms with Gasteiger partial charge in [0.25, 0.3) is 0 Å². The first kappa shape index (κ1) is 14.6. The largest absolute Gasteiger partial charge is 0.508 e. The maximum atomic E-state index is 9.54. The third-order valence-electron chi connectivity index (χ3n) is 3.76. The minimum Gasteiger partial charge on any atom is -0.508 e. The lowest BCUT2D eigenvalue weighted by atomic mass is 10.0. The van der Waals surface area contributed by atoms with E-state index in [1.165, 1.54) is 11.1 Å². The van der Waals surface area contributed by atoms with Crippen LogP contribution in [0.2, 0.25) is 0 Å². The zero-order valence-electron chi connectivity index (χ0n) is 12.4. The molecule has 106 valence electrons. The fourth-order valence-corrected chi connectivity index (χ4v) is 2.40. The lowest BCUT2D eigenvalue weighted by Gasteiger charge is -2.21. The van der Waals surface area contributed by atoms with Crippen LogP contribution < -0.4 is 5.32 Å². The van der Waals surface area contributed by atoms with Crippen molar-refractivity contribution in [3.05, 3.63) is 65.2 Å². The molecule has 0 bridgehead atoms. The molecule has 2 heteroatoms. The van der Waals surface area contributed by atoms with Gasteiger partial charge >= 0.3 is 0 Å². The Morgan fingerprint density at radius 1 is 0.950 bits per heavy atom. The normalized spacial score (nSPS) is 13.9. The van der Waals surface area contributed by atoms with Gasteiger partial charge in [-0.1, -0.05) is 43.3 Å². The molecule has 20 heavy (non-hydrogen) atoms. The van der Waals surface area contributed by atoms with Crippen LogP contribution in [0.1, 0.15) is 49.5 Å². The van der Waals surface area contributed by atoms with Crippen LogP contribution in [0.3, 0.4) is 0 Å². The molecule has 0 aliphatic heterocycles. The van der Waals surface area contributed by atoms with Gasteiger partial charge in [-0.25, -0.2) is 0 Å². The van der Waals surface area contributed by atoms with Crippen molar-refractivity contribution in [1.82, 2.24) is 5.32 Å². The number of aromatic hydroxyl groups is 1. The molecule has 0 radical (unpaired) electrons. The Bertz CT molecular complexity index is 548. The molecule has 0 saturated heterocycles. The summed E-state index contributed by atoms with van der Waals surface area (Å²) in [7, 11) is 0. The molecule has 0 aromatic heterocycles. The van der Waals surface area contributed by atoms with Gasteiger partial charge in [0.05, 0.1) is 0 Å². The molecule has 2 aromatic carbocycles. The fraction of sp³-hybridized carbons (Fsp3) is 0.333. The summed E-state index contributed by atoms with van der Waals surface area (Å²) in [6.45, 7) is 6.45. The van der Waals surface area contributed by atoms with Gasteiger partial charge in [-0.15, -0.1) is 0 Å². The van der Waals surface area contributed by atoms with Crippen LogP contribution in [0.15, 0.2) is 48.5 Å². The van der Waals surface area contributed by atoms with Crippen LogP contribution in [0, 0.1) is 0 Å². The minimum absolute atomic E-state index is 0.197. The van der Waals surface area contributed by atoms with Gasteiger partial charge in [-0.3, -0.25) is 0 Å². The smallest absolute Gasteiger partial charge is 0.115 e. The molecule has 0 fully saturated rings. The third kappa shape index (κ3) is 3.61. The van der Waals surface area contributed by atoms with Gasteiger partial charge in [-0.05, 0) is 49.1 Å². The molecular formula is C18H23NO. The second-order valence-electron chi connectivity index (χ2n) is 5.30. The fourth-order valence-electron chi connectivity index (χ4n) is 2.40. The summed E-state index contributed by atoms with van der Waals surface area (Å²) in [6.07, 6.45) is 1.07. The Balaban J connectivity index is 2.04. The van der Waals surface area contributed by atoms with E-state index in [-0.39, 0.29) is 12.1 Å². The van der Waals surface area contributed by atoms with Crippen molar-refractivity contribution in [1.29, 1.82) is 0 Å². The number of rotatable bonds is 5. The Kier molecular flexibility index (Phi) is 4.80. The summed E-state index contributed by atoms with van der Waals surface area (Å²) in [6, 6.07) is 16.6. The van der Waals surface area contributed by atoms with E-state index >= 15 is 0 Å². The first-order valence-corrected chi connectivity index (χ1v) is 7.24. The number of nitrogens with one attached hydrogen (secondary N) is 1. The lowest BCUT2D eigenvalue weighted by Crippen LogP contribution is -2.22. The molecule has 0 aliphatic rings. The molecule has 0 amide bonds. The van der Waals surface area contributed by atoms with Gasteiger partial charge in [0, 0.05) is 12.1 Å². The highest BCUT2D eigenvalue weighted by Crippen LogP contribution is 2.22. The van der Waals surface area contributed by atoms with Crippen LogP contribution in [-0.2, 0) is 6.42 Å². The molecule has 2 rings (SSSR count). The van der Waals surface area contributed by atoms with Crippen molar-refractivity contribution in [3.63, 3.8) is 0 Å². The van der Waals surface area contributed by atoms with E-state index in [9.17, 15) is 5.11 Å². The molecule has 2 unspecified atom stereocenters. The molecule has 2 aromatic rings. The minimum atomic E-state index is 0.197. The number of hydrogen-bond donors (Lipinski definition) is 2. The maximum absolute atomic E-state index is 9.54. The topological polar surface area (TPSA) is 32.3 Å². The Labute approximate surface area is 121 Å². The zero-order valence-corrected chi connectivity index (χ0v) is 12.4. The predicted octanol–water partition coefficient (Wildman–Crippen LogP) is 4.37. The maximum Gasteiger partial charge on any atom is 0.115 e.